The van der Waals surface area contributed by atoms with Crippen molar-refractivity contribution in [2.45, 2.75) is 12.1 Å². The molecule has 9 heteroatoms. The summed E-state index contributed by atoms with van der Waals surface area (Å²) in [7, 11) is 0. The number of anilines is 2. The third kappa shape index (κ3) is 2.30. The summed E-state index contributed by atoms with van der Waals surface area (Å²) < 4.78 is 63.5. The smallest absolute Gasteiger partial charge is 0.359 e. The van der Waals surface area contributed by atoms with Gasteiger partial charge < -0.3 is 10.3 Å². The summed E-state index contributed by atoms with van der Waals surface area (Å²) in [6, 6.07) is 0.998. The molecule has 1 saturated heterocycles. The van der Waals surface area contributed by atoms with E-state index in [1.165, 1.54) is 0 Å². The lowest BCUT2D eigenvalue weighted by Crippen LogP contribution is -2.56. The van der Waals surface area contributed by atoms with Crippen molar-refractivity contribution in [2.24, 2.45) is 5.84 Å². The molecule has 1 aromatic rings. The fourth-order valence-electron chi connectivity index (χ4n) is 1.69. The van der Waals surface area contributed by atoms with Crippen molar-refractivity contribution >= 4 is 11.5 Å². The molecule has 18 heavy (non-hydrogen) atoms. The normalized spacial score (nSPS) is 18.4. The maximum absolute atomic E-state index is 12.7. The molecule has 0 bridgehead atoms. The number of halogens is 5. The number of pyridine rings is 1. The number of nitrogens with two attached hydrogens (primary N) is 1. The summed E-state index contributed by atoms with van der Waals surface area (Å²) in [5.41, 5.74) is 0.668. The van der Waals surface area contributed by atoms with Crippen LogP contribution in [-0.4, -0.2) is 24.0 Å². The average Bonchev–Trinajstić information content (AvgIpc) is 2.23. The Labute approximate surface area is 98.6 Å². The van der Waals surface area contributed by atoms with Crippen molar-refractivity contribution in [3.63, 3.8) is 0 Å². The second-order valence-electron chi connectivity index (χ2n) is 3.94. The number of rotatable bonds is 2. The number of hydrazine groups is 1. The molecule has 1 aromatic heterocycles. The maximum Gasteiger partial charge on any atom is 0.419 e. The van der Waals surface area contributed by atoms with Gasteiger partial charge in [-0.15, -0.1) is 0 Å². The molecule has 0 spiro atoms. The van der Waals surface area contributed by atoms with Crippen LogP contribution in [0.4, 0.5) is 33.5 Å². The summed E-state index contributed by atoms with van der Waals surface area (Å²) in [5.74, 6) is 2.05. The highest BCUT2D eigenvalue weighted by molar-refractivity contribution is 5.61. The zero-order valence-electron chi connectivity index (χ0n) is 8.93. The van der Waals surface area contributed by atoms with Gasteiger partial charge in [0.1, 0.15) is 5.82 Å². The highest BCUT2D eigenvalue weighted by Gasteiger charge is 2.47. The Morgan fingerprint density at radius 2 is 1.94 bits per heavy atom. The van der Waals surface area contributed by atoms with Gasteiger partial charge in [0.25, 0.3) is 5.92 Å². The van der Waals surface area contributed by atoms with Crippen molar-refractivity contribution in [3.8, 4) is 0 Å². The first-order valence-electron chi connectivity index (χ1n) is 4.89. The van der Waals surface area contributed by atoms with E-state index in [0.29, 0.717) is 6.20 Å². The fraction of sp³-hybridized carbons (Fsp3) is 0.444. The van der Waals surface area contributed by atoms with Crippen LogP contribution in [0.3, 0.4) is 0 Å². The maximum atomic E-state index is 12.7. The third-order valence-electron chi connectivity index (χ3n) is 2.52. The minimum Gasteiger partial charge on any atom is -0.359 e. The molecule has 2 heterocycles. The largest absolute Gasteiger partial charge is 0.419 e. The van der Waals surface area contributed by atoms with E-state index in [-0.39, 0.29) is 11.5 Å². The van der Waals surface area contributed by atoms with Crippen LogP contribution in [0.5, 0.6) is 0 Å². The Morgan fingerprint density at radius 1 is 1.33 bits per heavy atom. The van der Waals surface area contributed by atoms with Gasteiger partial charge in [-0.05, 0) is 0 Å². The summed E-state index contributed by atoms with van der Waals surface area (Å²) in [6.45, 7) is -1.49. The predicted octanol–water partition coefficient (Wildman–Crippen LogP) is 1.84. The van der Waals surface area contributed by atoms with Crippen molar-refractivity contribution in [1.29, 1.82) is 0 Å². The van der Waals surface area contributed by atoms with Gasteiger partial charge in [0, 0.05) is 12.3 Å². The van der Waals surface area contributed by atoms with Crippen molar-refractivity contribution in [2.75, 3.05) is 23.4 Å². The van der Waals surface area contributed by atoms with Gasteiger partial charge in [0.15, 0.2) is 0 Å². The molecule has 100 valence electrons. The molecule has 0 radical (unpaired) electrons. The van der Waals surface area contributed by atoms with E-state index in [9.17, 15) is 22.0 Å². The molecule has 1 aliphatic heterocycles. The fourth-order valence-corrected chi connectivity index (χ4v) is 1.69. The van der Waals surface area contributed by atoms with Crippen LogP contribution in [0.25, 0.3) is 0 Å². The van der Waals surface area contributed by atoms with Crippen LogP contribution in [0.1, 0.15) is 5.56 Å². The van der Waals surface area contributed by atoms with E-state index < -0.39 is 30.8 Å². The van der Waals surface area contributed by atoms with E-state index in [2.05, 4.69) is 10.4 Å². The van der Waals surface area contributed by atoms with Gasteiger partial charge in [-0.25, -0.2) is 19.6 Å². The summed E-state index contributed by atoms with van der Waals surface area (Å²) in [5, 5.41) is 0. The Bertz CT molecular complexity index is 451. The van der Waals surface area contributed by atoms with E-state index in [1.54, 1.807) is 0 Å². The number of nitrogen functional groups attached to an aromatic ring is 1. The monoisotopic (exact) mass is 268 g/mol. The number of nitrogens with one attached hydrogen (secondary N) is 1. The van der Waals surface area contributed by atoms with Crippen LogP contribution < -0.4 is 16.2 Å². The molecular weight excluding hydrogens is 259 g/mol. The van der Waals surface area contributed by atoms with Crippen LogP contribution in [0.15, 0.2) is 12.3 Å². The Hall–Kier alpha value is -1.64. The third-order valence-corrected chi connectivity index (χ3v) is 2.52. The minimum atomic E-state index is -4.65. The van der Waals surface area contributed by atoms with Gasteiger partial charge in [0.2, 0.25) is 0 Å². The zero-order valence-corrected chi connectivity index (χ0v) is 8.93. The molecule has 3 N–H and O–H groups in total. The second-order valence-corrected chi connectivity index (χ2v) is 3.94. The second kappa shape index (κ2) is 3.94. The number of hydrogen-bond donors (Lipinski definition) is 2. The Balaban J connectivity index is 2.37. The molecule has 0 unspecified atom stereocenters. The number of aromatic nitrogens is 1. The van der Waals surface area contributed by atoms with Crippen LogP contribution in [0.2, 0.25) is 0 Å². The van der Waals surface area contributed by atoms with Crippen molar-refractivity contribution in [3.05, 3.63) is 17.8 Å². The Morgan fingerprint density at radius 3 is 2.39 bits per heavy atom. The number of hydrogen-bond acceptors (Lipinski definition) is 4. The first-order valence-corrected chi connectivity index (χ1v) is 4.89. The van der Waals surface area contributed by atoms with Crippen molar-refractivity contribution in [1.82, 2.24) is 4.98 Å². The average molecular weight is 268 g/mol. The molecule has 0 saturated carbocycles. The molecule has 0 amide bonds. The van der Waals surface area contributed by atoms with Crippen molar-refractivity contribution < 1.29 is 22.0 Å². The van der Waals surface area contributed by atoms with E-state index in [0.717, 1.165) is 11.0 Å². The van der Waals surface area contributed by atoms with Gasteiger partial charge in [0.05, 0.1) is 24.3 Å². The SMILES string of the molecule is NNc1cc(N2CC(F)(F)C2)c(C(F)(F)F)cn1. The molecule has 0 aromatic carbocycles. The highest BCUT2D eigenvalue weighted by Crippen LogP contribution is 2.41. The molecular formula is C9H9F5N4. The van der Waals surface area contributed by atoms with Gasteiger partial charge in [-0.3, -0.25) is 0 Å². The lowest BCUT2D eigenvalue weighted by molar-refractivity contribution is -0.137. The summed E-state index contributed by atoms with van der Waals surface area (Å²) in [4.78, 5) is 4.37. The molecule has 2 rings (SSSR count). The molecule has 4 nitrogen and oxygen atoms in total. The van der Waals surface area contributed by atoms with E-state index >= 15 is 0 Å². The highest BCUT2D eigenvalue weighted by atomic mass is 19.4. The lowest BCUT2D eigenvalue weighted by Gasteiger charge is -2.41. The summed E-state index contributed by atoms with van der Waals surface area (Å²) >= 11 is 0. The first-order chi connectivity index (χ1) is 8.23. The summed E-state index contributed by atoms with van der Waals surface area (Å²) in [6.07, 6.45) is -4.08. The lowest BCUT2D eigenvalue weighted by atomic mass is 10.1. The van der Waals surface area contributed by atoms with Gasteiger partial charge >= 0.3 is 6.18 Å². The van der Waals surface area contributed by atoms with Crippen LogP contribution in [-0.2, 0) is 6.18 Å². The first kappa shape index (κ1) is 12.8. The van der Waals surface area contributed by atoms with Crippen LogP contribution in [0, 0.1) is 0 Å². The predicted molar refractivity (Wildman–Crippen MR) is 54.2 cm³/mol. The van der Waals surface area contributed by atoms with E-state index in [1.807, 2.05) is 0 Å². The van der Waals surface area contributed by atoms with E-state index in [4.69, 9.17) is 5.84 Å². The van der Waals surface area contributed by atoms with Gasteiger partial charge in [-0.2, -0.15) is 13.2 Å². The number of nitrogens with zero attached hydrogens (tertiary/aromatic N) is 2. The van der Waals surface area contributed by atoms with Crippen LogP contribution >= 0.6 is 0 Å². The topological polar surface area (TPSA) is 54.2 Å². The standard InChI is InChI=1S/C9H9F5N4/c10-8(11)3-18(4-8)6-1-7(17-15)16-2-5(6)9(12,13)14/h1-2H,3-4,15H2,(H,16,17). The molecule has 0 aliphatic carbocycles. The number of alkyl halides is 5. The molecule has 1 fully saturated rings. The zero-order chi connectivity index (χ0) is 13.6. The Kier molecular flexibility index (Phi) is 2.80. The molecule has 1 aliphatic rings. The minimum absolute atomic E-state index is 0.0202. The molecule has 0 atom stereocenters. The quantitative estimate of drug-likeness (QED) is 0.488. The van der Waals surface area contributed by atoms with Gasteiger partial charge in [-0.1, -0.05) is 0 Å².